The van der Waals surface area contributed by atoms with Crippen LogP contribution in [0.2, 0.25) is 0 Å². The monoisotopic (exact) mass is 711 g/mol. The first-order chi connectivity index (χ1) is 27.8. The standard InChI is InChI=1S/C55H37N/c1-3-18-36(19-4-1)38-34-51(37-20-5-2-6-21-37)56-52(35-38)43-26-17-33-50-53(43)55(46-29-13-9-24-41(46)42-25-10-14-30-47(42)55)49-32-16-15-31-48(49)54(50)44-27-11-7-22-39(44)40-23-8-12-28-45(40)54/h1-31,33-35,49H,32H2. The lowest BCUT2D eigenvalue weighted by molar-refractivity contribution is 0.372. The van der Waals surface area contributed by atoms with Gasteiger partial charge in [0.2, 0.25) is 0 Å². The molecule has 1 atom stereocenters. The molecule has 0 bridgehead atoms. The molecular weight excluding hydrogens is 675 g/mol. The minimum Gasteiger partial charge on any atom is -0.248 e. The van der Waals surface area contributed by atoms with Crippen LogP contribution in [0.4, 0.5) is 0 Å². The third-order valence-electron chi connectivity index (χ3n) is 13.2. The summed E-state index contributed by atoms with van der Waals surface area (Å²) in [5.74, 6) is 0.149. The Morgan fingerprint density at radius 2 is 0.893 bits per heavy atom. The van der Waals surface area contributed by atoms with Crippen LogP contribution in [0.3, 0.4) is 0 Å². The average molecular weight is 712 g/mol. The SMILES string of the molecule is C1=CCC2C(=C1)C1(c3ccccc3-c3ccccc31)c1cccc(-c3cc(-c4ccccc4)cc(-c4ccccc4)n3)c1C21c2ccccc2-c2ccccc21. The molecule has 0 N–H and O–H groups in total. The van der Waals surface area contributed by atoms with Gasteiger partial charge in [0, 0.05) is 17.0 Å². The molecule has 8 aromatic rings. The normalized spacial score (nSPS) is 17.0. The summed E-state index contributed by atoms with van der Waals surface area (Å²) < 4.78 is 0. The van der Waals surface area contributed by atoms with Gasteiger partial charge in [-0.2, -0.15) is 0 Å². The Bertz CT molecular complexity index is 2800. The van der Waals surface area contributed by atoms with Gasteiger partial charge in [0.1, 0.15) is 0 Å². The van der Waals surface area contributed by atoms with E-state index in [1.54, 1.807) is 0 Å². The zero-order valence-corrected chi connectivity index (χ0v) is 30.9. The summed E-state index contributed by atoms with van der Waals surface area (Å²) in [5.41, 5.74) is 20.7. The molecule has 1 aromatic heterocycles. The fraction of sp³-hybridized carbons (Fsp3) is 0.0727. The maximum Gasteiger partial charge on any atom is 0.0719 e. The van der Waals surface area contributed by atoms with E-state index < -0.39 is 10.8 Å². The molecule has 0 aliphatic heterocycles. The fourth-order valence-electron chi connectivity index (χ4n) is 11.2. The van der Waals surface area contributed by atoms with Crippen molar-refractivity contribution in [2.24, 2.45) is 5.92 Å². The molecule has 1 heterocycles. The second-order valence-electron chi connectivity index (χ2n) is 15.7. The first-order valence-corrected chi connectivity index (χ1v) is 19.8. The molecule has 0 amide bonds. The van der Waals surface area contributed by atoms with E-state index in [-0.39, 0.29) is 5.92 Å². The van der Waals surface area contributed by atoms with E-state index in [4.69, 9.17) is 4.98 Å². The van der Waals surface area contributed by atoms with Crippen molar-refractivity contribution in [3.8, 4) is 55.9 Å². The van der Waals surface area contributed by atoms with Crippen LogP contribution in [0.25, 0.3) is 55.9 Å². The number of allylic oxidation sites excluding steroid dienone is 4. The highest BCUT2D eigenvalue weighted by molar-refractivity contribution is 5.94. The van der Waals surface area contributed by atoms with Gasteiger partial charge in [0.05, 0.1) is 22.2 Å². The predicted molar refractivity (Wildman–Crippen MR) is 229 cm³/mol. The zero-order chi connectivity index (χ0) is 36.8. The van der Waals surface area contributed by atoms with E-state index in [1.165, 1.54) is 72.3 Å². The van der Waals surface area contributed by atoms with E-state index >= 15 is 0 Å². The molecule has 0 saturated heterocycles. The molecule has 262 valence electrons. The summed E-state index contributed by atoms with van der Waals surface area (Å²) in [6.45, 7) is 0. The molecule has 0 fully saturated rings. The summed E-state index contributed by atoms with van der Waals surface area (Å²) >= 11 is 0. The van der Waals surface area contributed by atoms with Crippen LogP contribution < -0.4 is 0 Å². The lowest BCUT2D eigenvalue weighted by Crippen LogP contribution is -2.50. The lowest BCUT2D eigenvalue weighted by atomic mass is 9.46. The van der Waals surface area contributed by atoms with Crippen molar-refractivity contribution in [3.05, 3.63) is 245 Å². The van der Waals surface area contributed by atoms with Gasteiger partial charge in [-0.25, -0.2) is 4.98 Å². The largest absolute Gasteiger partial charge is 0.248 e. The minimum atomic E-state index is -0.481. The Kier molecular flexibility index (Phi) is 6.66. The third kappa shape index (κ3) is 4.02. The van der Waals surface area contributed by atoms with Crippen LogP contribution in [0.15, 0.2) is 212 Å². The summed E-state index contributed by atoms with van der Waals surface area (Å²) in [6, 6.07) is 70.0. The second-order valence-corrected chi connectivity index (χ2v) is 15.7. The molecule has 1 heteroatoms. The summed E-state index contributed by atoms with van der Waals surface area (Å²) in [4.78, 5) is 5.65. The van der Waals surface area contributed by atoms with Gasteiger partial charge in [-0.1, -0.05) is 194 Å². The Balaban J connectivity index is 1.28. The number of fused-ring (bicyclic) bond motifs is 16. The first-order valence-electron chi connectivity index (χ1n) is 19.8. The number of pyridine rings is 1. The molecule has 7 aromatic carbocycles. The van der Waals surface area contributed by atoms with Crippen molar-refractivity contribution >= 4 is 0 Å². The van der Waals surface area contributed by atoms with Gasteiger partial charge in [-0.05, 0) is 90.9 Å². The third-order valence-corrected chi connectivity index (χ3v) is 13.2. The van der Waals surface area contributed by atoms with Crippen LogP contribution in [0, 0.1) is 5.92 Å². The van der Waals surface area contributed by atoms with Crippen LogP contribution in [-0.4, -0.2) is 4.98 Å². The van der Waals surface area contributed by atoms with Crippen LogP contribution in [0.5, 0.6) is 0 Å². The number of nitrogens with zero attached hydrogens (tertiary/aromatic N) is 1. The molecular formula is C55H37N. The zero-order valence-electron chi connectivity index (χ0n) is 30.9. The molecule has 1 unspecified atom stereocenters. The molecule has 12 rings (SSSR count). The van der Waals surface area contributed by atoms with Gasteiger partial charge < -0.3 is 0 Å². The Morgan fingerprint density at radius 3 is 1.52 bits per heavy atom. The van der Waals surface area contributed by atoms with Crippen molar-refractivity contribution in [1.82, 2.24) is 4.98 Å². The summed E-state index contributed by atoms with van der Waals surface area (Å²) in [7, 11) is 0. The highest BCUT2D eigenvalue weighted by Gasteiger charge is 2.63. The molecule has 4 aliphatic carbocycles. The maximum absolute atomic E-state index is 5.65. The quantitative estimate of drug-likeness (QED) is 0.178. The van der Waals surface area contributed by atoms with Crippen molar-refractivity contribution in [1.29, 1.82) is 0 Å². The summed E-state index contributed by atoms with van der Waals surface area (Å²) in [6.07, 6.45) is 8.15. The van der Waals surface area contributed by atoms with E-state index in [2.05, 4.69) is 206 Å². The topological polar surface area (TPSA) is 12.9 Å². The lowest BCUT2D eigenvalue weighted by Gasteiger charge is -2.55. The van der Waals surface area contributed by atoms with Crippen LogP contribution >= 0.6 is 0 Å². The second kappa shape index (κ2) is 11.8. The van der Waals surface area contributed by atoms with Gasteiger partial charge >= 0.3 is 0 Å². The van der Waals surface area contributed by atoms with Crippen molar-refractivity contribution in [2.45, 2.75) is 17.3 Å². The van der Waals surface area contributed by atoms with Crippen molar-refractivity contribution in [3.63, 3.8) is 0 Å². The predicted octanol–water partition coefficient (Wildman–Crippen LogP) is 13.2. The number of aromatic nitrogens is 1. The smallest absolute Gasteiger partial charge is 0.0719 e. The Labute approximate surface area is 328 Å². The first kappa shape index (κ1) is 31.5. The number of hydrogen-bond donors (Lipinski definition) is 0. The van der Waals surface area contributed by atoms with Gasteiger partial charge in [-0.15, -0.1) is 0 Å². The minimum absolute atomic E-state index is 0.149. The van der Waals surface area contributed by atoms with E-state index in [0.717, 1.165) is 28.9 Å². The molecule has 4 aliphatic rings. The van der Waals surface area contributed by atoms with Gasteiger partial charge in [-0.3, -0.25) is 0 Å². The number of hydrogen-bond acceptors (Lipinski definition) is 1. The Hall–Kier alpha value is -6.83. The van der Waals surface area contributed by atoms with E-state index in [1.807, 2.05) is 0 Å². The van der Waals surface area contributed by atoms with Crippen LogP contribution in [0.1, 0.15) is 39.8 Å². The highest BCUT2D eigenvalue weighted by atomic mass is 14.7. The van der Waals surface area contributed by atoms with Crippen molar-refractivity contribution < 1.29 is 0 Å². The maximum atomic E-state index is 5.65. The molecule has 1 nitrogen and oxygen atoms in total. The number of benzene rings is 7. The van der Waals surface area contributed by atoms with Gasteiger partial charge in [0.25, 0.3) is 0 Å². The fourth-order valence-corrected chi connectivity index (χ4v) is 11.2. The Morgan fingerprint density at radius 1 is 0.411 bits per heavy atom. The van der Waals surface area contributed by atoms with Gasteiger partial charge in [0.15, 0.2) is 0 Å². The van der Waals surface area contributed by atoms with E-state index in [0.29, 0.717) is 0 Å². The van der Waals surface area contributed by atoms with E-state index in [9.17, 15) is 0 Å². The average Bonchev–Trinajstić information content (AvgIpc) is 3.74. The molecule has 0 saturated carbocycles. The van der Waals surface area contributed by atoms with Crippen molar-refractivity contribution in [2.75, 3.05) is 0 Å². The molecule has 0 radical (unpaired) electrons. The van der Waals surface area contributed by atoms with Crippen LogP contribution in [-0.2, 0) is 10.8 Å². The molecule has 2 spiro atoms. The number of rotatable bonds is 3. The highest BCUT2D eigenvalue weighted by Crippen LogP contribution is 2.71. The molecule has 56 heavy (non-hydrogen) atoms. The summed E-state index contributed by atoms with van der Waals surface area (Å²) in [5, 5.41) is 0.